The average Bonchev–Trinajstić information content (AvgIpc) is 2.72. The molecule has 0 aromatic heterocycles. The van der Waals surface area contributed by atoms with E-state index in [1.54, 1.807) is 17.6 Å². The Bertz CT molecular complexity index is 685. The Balaban J connectivity index is 2.48. The zero-order valence-corrected chi connectivity index (χ0v) is 15.0. The van der Waals surface area contributed by atoms with Gasteiger partial charge in [-0.2, -0.15) is 4.31 Å². The topological polar surface area (TPSA) is 95.9 Å². The van der Waals surface area contributed by atoms with Gasteiger partial charge in [0, 0.05) is 6.54 Å². The first-order chi connectivity index (χ1) is 11.2. The van der Waals surface area contributed by atoms with Crippen LogP contribution in [0.3, 0.4) is 0 Å². The van der Waals surface area contributed by atoms with Gasteiger partial charge in [0.05, 0.1) is 12.0 Å². The molecular formula is C16H24N2O5S. The average molecular weight is 356 g/mol. The molecule has 1 amide bonds. The van der Waals surface area contributed by atoms with Gasteiger partial charge in [0.1, 0.15) is 11.8 Å². The van der Waals surface area contributed by atoms with Crippen molar-refractivity contribution in [3.8, 4) is 5.75 Å². The van der Waals surface area contributed by atoms with Crippen molar-refractivity contribution in [1.82, 2.24) is 9.79 Å². The van der Waals surface area contributed by atoms with E-state index < -0.39 is 27.4 Å². The molecule has 1 aromatic carbocycles. The molecule has 1 fully saturated rings. The van der Waals surface area contributed by atoms with Gasteiger partial charge in [-0.1, -0.05) is 20.3 Å². The first-order valence-electron chi connectivity index (χ1n) is 7.84. The summed E-state index contributed by atoms with van der Waals surface area (Å²) in [6.07, 6.45) is 2.17. The minimum absolute atomic E-state index is 0.0942. The Morgan fingerprint density at radius 3 is 2.46 bits per heavy atom. The summed E-state index contributed by atoms with van der Waals surface area (Å²) in [5.74, 6) is -0.159. The molecule has 0 radical (unpaired) electrons. The molecule has 0 saturated carbocycles. The van der Waals surface area contributed by atoms with Crippen LogP contribution in [0.1, 0.15) is 33.1 Å². The molecule has 1 aromatic rings. The fourth-order valence-corrected chi connectivity index (χ4v) is 4.97. The fourth-order valence-electron chi connectivity index (χ4n) is 3.19. The molecule has 1 unspecified atom stereocenters. The molecule has 1 aliphatic heterocycles. The molecule has 0 spiro atoms. The molecular weight excluding hydrogens is 332 g/mol. The number of nitrogens with one attached hydrogen (secondary N) is 1. The van der Waals surface area contributed by atoms with Crippen molar-refractivity contribution in [3.63, 3.8) is 0 Å². The molecule has 1 heterocycles. The van der Waals surface area contributed by atoms with Crippen LogP contribution in [-0.2, 0) is 14.8 Å². The molecule has 1 saturated heterocycles. The maximum absolute atomic E-state index is 13.1. The Kier molecular flexibility index (Phi) is 5.52. The van der Waals surface area contributed by atoms with Crippen LogP contribution in [-0.4, -0.2) is 43.5 Å². The van der Waals surface area contributed by atoms with Crippen LogP contribution in [0.25, 0.3) is 0 Å². The van der Waals surface area contributed by atoms with Crippen molar-refractivity contribution in [1.29, 1.82) is 0 Å². The van der Waals surface area contributed by atoms with Crippen LogP contribution in [0, 0.1) is 5.41 Å². The van der Waals surface area contributed by atoms with Crippen molar-refractivity contribution in [3.05, 3.63) is 24.3 Å². The van der Waals surface area contributed by atoms with Gasteiger partial charge in [-0.25, -0.2) is 13.9 Å². The lowest BCUT2D eigenvalue weighted by Gasteiger charge is -2.37. The maximum Gasteiger partial charge on any atom is 0.262 e. The number of carbonyl (C=O) groups is 1. The van der Waals surface area contributed by atoms with E-state index in [-0.39, 0.29) is 11.4 Å². The first-order valence-corrected chi connectivity index (χ1v) is 9.28. The van der Waals surface area contributed by atoms with Gasteiger partial charge in [0.25, 0.3) is 5.91 Å². The largest absolute Gasteiger partial charge is 0.497 e. The number of benzene rings is 1. The minimum atomic E-state index is -3.88. The highest BCUT2D eigenvalue weighted by molar-refractivity contribution is 7.89. The van der Waals surface area contributed by atoms with Crippen LogP contribution in [0.5, 0.6) is 5.75 Å². The first kappa shape index (κ1) is 18.7. The zero-order chi connectivity index (χ0) is 18.0. The summed E-state index contributed by atoms with van der Waals surface area (Å²) in [5.41, 5.74) is 1.03. The molecule has 2 rings (SSSR count). The van der Waals surface area contributed by atoms with E-state index >= 15 is 0 Å². The predicted octanol–water partition coefficient (Wildman–Crippen LogP) is 1.77. The lowest BCUT2D eigenvalue weighted by Crippen LogP contribution is -2.55. The standard InChI is InChI=1S/C16H24N2O5S/c1-16(2)10-4-5-11-18(14(16)15(19)17-20)24(21,22)13-8-6-12(23-3)7-9-13/h6-9,14,20H,4-5,10-11H2,1-3H3,(H,17,19). The SMILES string of the molecule is COc1ccc(S(=O)(=O)N2CCCCC(C)(C)C2C(=O)NO)cc1. The Hall–Kier alpha value is -1.64. The van der Waals surface area contributed by atoms with E-state index in [2.05, 4.69) is 0 Å². The second-order valence-electron chi connectivity index (χ2n) is 6.62. The van der Waals surface area contributed by atoms with Crippen molar-refractivity contribution in [2.75, 3.05) is 13.7 Å². The number of rotatable bonds is 4. The zero-order valence-electron chi connectivity index (χ0n) is 14.2. The van der Waals surface area contributed by atoms with Gasteiger partial charge in [-0.15, -0.1) is 0 Å². The summed E-state index contributed by atoms with van der Waals surface area (Å²) in [6.45, 7) is 3.92. The van der Waals surface area contributed by atoms with Gasteiger partial charge in [-0.05, 0) is 42.5 Å². The second-order valence-corrected chi connectivity index (χ2v) is 8.51. The number of hydroxylamine groups is 1. The third-order valence-electron chi connectivity index (χ3n) is 4.50. The molecule has 7 nitrogen and oxygen atoms in total. The summed E-state index contributed by atoms with van der Waals surface area (Å²) >= 11 is 0. The number of amides is 1. The molecule has 1 atom stereocenters. The highest BCUT2D eigenvalue weighted by Gasteiger charge is 2.46. The quantitative estimate of drug-likeness (QED) is 0.633. The Labute approximate surface area is 142 Å². The van der Waals surface area contributed by atoms with Crippen LogP contribution in [0.4, 0.5) is 0 Å². The third-order valence-corrected chi connectivity index (χ3v) is 6.38. The van der Waals surface area contributed by atoms with Crippen LogP contribution < -0.4 is 10.2 Å². The van der Waals surface area contributed by atoms with Gasteiger partial charge in [0.15, 0.2) is 0 Å². The number of nitrogens with zero attached hydrogens (tertiary/aromatic N) is 1. The summed E-state index contributed by atoms with van der Waals surface area (Å²) in [5, 5.41) is 9.10. The highest BCUT2D eigenvalue weighted by Crippen LogP contribution is 2.37. The van der Waals surface area contributed by atoms with E-state index in [1.165, 1.54) is 23.5 Å². The number of carbonyl (C=O) groups excluding carboxylic acids is 1. The second kappa shape index (κ2) is 7.08. The molecule has 24 heavy (non-hydrogen) atoms. The maximum atomic E-state index is 13.1. The number of ether oxygens (including phenoxy) is 1. The predicted molar refractivity (Wildman–Crippen MR) is 88.2 cm³/mol. The Morgan fingerprint density at radius 2 is 1.92 bits per heavy atom. The van der Waals surface area contributed by atoms with Crippen molar-refractivity contribution in [2.45, 2.75) is 44.0 Å². The molecule has 8 heteroatoms. The van der Waals surface area contributed by atoms with E-state index in [9.17, 15) is 13.2 Å². The van der Waals surface area contributed by atoms with Crippen LogP contribution in [0.15, 0.2) is 29.2 Å². The summed E-state index contributed by atoms with van der Waals surface area (Å²) in [7, 11) is -2.38. The van der Waals surface area contributed by atoms with Gasteiger partial charge >= 0.3 is 0 Å². The number of hydrogen-bond acceptors (Lipinski definition) is 5. The molecule has 2 N–H and O–H groups in total. The van der Waals surface area contributed by atoms with E-state index in [4.69, 9.17) is 9.94 Å². The number of sulfonamides is 1. The third kappa shape index (κ3) is 3.55. The number of hydrogen-bond donors (Lipinski definition) is 2. The monoisotopic (exact) mass is 356 g/mol. The number of methoxy groups -OCH3 is 1. The fraction of sp³-hybridized carbons (Fsp3) is 0.562. The molecule has 1 aliphatic rings. The summed E-state index contributed by atoms with van der Waals surface area (Å²) in [4.78, 5) is 12.3. The van der Waals surface area contributed by atoms with E-state index in [1.807, 2.05) is 13.8 Å². The van der Waals surface area contributed by atoms with Crippen LogP contribution in [0.2, 0.25) is 0 Å². The highest BCUT2D eigenvalue weighted by atomic mass is 32.2. The summed E-state index contributed by atoms with van der Waals surface area (Å²) in [6, 6.07) is 5.07. The van der Waals surface area contributed by atoms with Crippen molar-refractivity contribution < 1.29 is 23.2 Å². The van der Waals surface area contributed by atoms with Crippen LogP contribution >= 0.6 is 0 Å². The lowest BCUT2D eigenvalue weighted by molar-refractivity contribution is -0.136. The van der Waals surface area contributed by atoms with Crippen molar-refractivity contribution >= 4 is 15.9 Å². The van der Waals surface area contributed by atoms with Gasteiger partial charge in [-0.3, -0.25) is 10.0 Å². The molecule has 0 bridgehead atoms. The van der Waals surface area contributed by atoms with E-state index in [0.717, 1.165) is 6.42 Å². The lowest BCUT2D eigenvalue weighted by atomic mass is 9.80. The summed E-state index contributed by atoms with van der Waals surface area (Å²) < 4.78 is 32.4. The van der Waals surface area contributed by atoms with Gasteiger partial charge in [0.2, 0.25) is 10.0 Å². The van der Waals surface area contributed by atoms with Crippen molar-refractivity contribution in [2.24, 2.45) is 5.41 Å². The van der Waals surface area contributed by atoms with Gasteiger partial charge < -0.3 is 4.74 Å². The van der Waals surface area contributed by atoms with E-state index in [0.29, 0.717) is 18.6 Å². The normalized spacial score (nSPS) is 21.8. The molecule has 0 aliphatic carbocycles. The molecule has 134 valence electrons. The minimum Gasteiger partial charge on any atom is -0.497 e. The Morgan fingerprint density at radius 1 is 1.29 bits per heavy atom. The smallest absolute Gasteiger partial charge is 0.262 e.